The molecule has 1 aromatic carbocycles. The van der Waals surface area contributed by atoms with Crippen LogP contribution in [0.2, 0.25) is 5.02 Å². The summed E-state index contributed by atoms with van der Waals surface area (Å²) in [5.74, 6) is 1.52. The molecule has 15 heavy (non-hydrogen) atoms. The molecule has 0 spiro atoms. The molecule has 5 heteroatoms. The van der Waals surface area contributed by atoms with E-state index in [1.807, 2.05) is 12.1 Å². The minimum absolute atomic E-state index is 0.474. The van der Waals surface area contributed by atoms with Crippen LogP contribution in [0.15, 0.2) is 28.7 Å². The van der Waals surface area contributed by atoms with Crippen molar-refractivity contribution in [1.82, 2.24) is 10.2 Å². The summed E-state index contributed by atoms with van der Waals surface area (Å²) < 4.78 is 5.40. The first-order chi connectivity index (χ1) is 7.29. The van der Waals surface area contributed by atoms with Gasteiger partial charge in [0.15, 0.2) is 0 Å². The maximum absolute atomic E-state index is 5.77. The summed E-state index contributed by atoms with van der Waals surface area (Å²) in [6.45, 7) is 0. The molecule has 0 aliphatic carbocycles. The predicted octanol–water partition coefficient (Wildman–Crippen LogP) is 3.17. The Labute approximate surface area is 97.0 Å². The zero-order valence-corrected chi connectivity index (χ0v) is 9.29. The first kappa shape index (κ1) is 10.5. The van der Waals surface area contributed by atoms with E-state index in [2.05, 4.69) is 10.2 Å². The predicted molar refractivity (Wildman–Crippen MR) is 59.2 cm³/mol. The largest absolute Gasteiger partial charge is 0.421 e. The van der Waals surface area contributed by atoms with Crippen LogP contribution in [0.3, 0.4) is 0 Å². The third-order valence-electron chi connectivity index (χ3n) is 1.87. The fourth-order valence-corrected chi connectivity index (χ4v) is 1.43. The van der Waals surface area contributed by atoms with Gasteiger partial charge in [-0.15, -0.1) is 21.8 Å². The average molecular weight is 243 g/mol. The molecule has 0 amide bonds. The standard InChI is InChI=1S/C10H8Cl2N2O/c11-6-5-9-13-14-10(15-9)7-1-3-8(12)4-2-7/h1-4H,5-6H2. The number of rotatable bonds is 3. The van der Waals surface area contributed by atoms with Crippen molar-refractivity contribution in [3.05, 3.63) is 35.2 Å². The molecular formula is C10H8Cl2N2O. The smallest absolute Gasteiger partial charge is 0.247 e. The monoisotopic (exact) mass is 242 g/mol. The molecule has 0 saturated carbocycles. The van der Waals surface area contributed by atoms with Crippen molar-refractivity contribution in [2.45, 2.75) is 6.42 Å². The summed E-state index contributed by atoms with van der Waals surface area (Å²) in [7, 11) is 0. The van der Waals surface area contributed by atoms with Crippen molar-refractivity contribution in [2.24, 2.45) is 0 Å². The normalized spacial score (nSPS) is 10.5. The molecule has 0 saturated heterocycles. The van der Waals surface area contributed by atoms with Crippen LogP contribution in [0, 0.1) is 0 Å². The highest BCUT2D eigenvalue weighted by Crippen LogP contribution is 2.20. The van der Waals surface area contributed by atoms with Gasteiger partial charge >= 0.3 is 0 Å². The van der Waals surface area contributed by atoms with Crippen molar-refractivity contribution in [1.29, 1.82) is 0 Å². The Hall–Kier alpha value is -1.06. The van der Waals surface area contributed by atoms with Crippen molar-refractivity contribution in [2.75, 3.05) is 5.88 Å². The van der Waals surface area contributed by atoms with E-state index in [0.717, 1.165) is 5.56 Å². The quantitative estimate of drug-likeness (QED) is 0.777. The third kappa shape index (κ3) is 2.49. The number of benzene rings is 1. The average Bonchev–Trinajstić information content (AvgIpc) is 2.68. The number of aryl methyl sites for hydroxylation is 1. The Morgan fingerprint density at radius 3 is 2.53 bits per heavy atom. The highest BCUT2D eigenvalue weighted by Gasteiger charge is 2.07. The third-order valence-corrected chi connectivity index (χ3v) is 2.31. The summed E-state index contributed by atoms with van der Waals surface area (Å²) >= 11 is 11.3. The molecule has 0 bridgehead atoms. The van der Waals surface area contributed by atoms with Gasteiger partial charge in [-0.1, -0.05) is 11.6 Å². The van der Waals surface area contributed by atoms with Crippen LogP contribution in [0.25, 0.3) is 11.5 Å². The van der Waals surface area contributed by atoms with Gasteiger partial charge in [0.05, 0.1) is 0 Å². The second-order valence-electron chi connectivity index (χ2n) is 2.95. The summed E-state index contributed by atoms with van der Waals surface area (Å²) in [4.78, 5) is 0. The van der Waals surface area contributed by atoms with Crippen molar-refractivity contribution >= 4 is 23.2 Å². The van der Waals surface area contributed by atoms with Crippen LogP contribution in [0.5, 0.6) is 0 Å². The Balaban J connectivity index is 2.25. The van der Waals surface area contributed by atoms with Gasteiger partial charge in [0, 0.05) is 22.9 Å². The number of alkyl halides is 1. The molecule has 2 aromatic rings. The number of hydrogen-bond acceptors (Lipinski definition) is 3. The zero-order valence-electron chi connectivity index (χ0n) is 7.78. The number of aromatic nitrogens is 2. The van der Waals surface area contributed by atoms with Gasteiger partial charge in [0.2, 0.25) is 11.8 Å². The van der Waals surface area contributed by atoms with E-state index < -0.39 is 0 Å². The van der Waals surface area contributed by atoms with Gasteiger partial charge < -0.3 is 4.42 Å². The van der Waals surface area contributed by atoms with Crippen LogP contribution >= 0.6 is 23.2 Å². The minimum Gasteiger partial charge on any atom is -0.421 e. The lowest BCUT2D eigenvalue weighted by molar-refractivity contribution is 0.513. The summed E-state index contributed by atoms with van der Waals surface area (Å²) in [5.41, 5.74) is 0.854. The lowest BCUT2D eigenvalue weighted by Gasteiger charge is -1.93. The van der Waals surface area contributed by atoms with Crippen molar-refractivity contribution in [3.8, 4) is 11.5 Å². The van der Waals surface area contributed by atoms with Gasteiger partial charge in [-0.2, -0.15) is 0 Å². The molecule has 0 aliphatic rings. The second-order valence-corrected chi connectivity index (χ2v) is 3.76. The number of nitrogens with zero attached hydrogens (tertiary/aromatic N) is 2. The zero-order chi connectivity index (χ0) is 10.7. The van der Waals surface area contributed by atoms with E-state index in [9.17, 15) is 0 Å². The molecule has 0 atom stereocenters. The van der Waals surface area contributed by atoms with Crippen molar-refractivity contribution < 1.29 is 4.42 Å². The van der Waals surface area contributed by atoms with E-state index in [0.29, 0.717) is 29.1 Å². The molecule has 0 radical (unpaired) electrons. The van der Waals surface area contributed by atoms with E-state index in [1.54, 1.807) is 12.1 Å². The molecule has 0 N–H and O–H groups in total. The Morgan fingerprint density at radius 2 is 1.87 bits per heavy atom. The van der Waals surface area contributed by atoms with Gasteiger partial charge in [0.1, 0.15) is 0 Å². The fraction of sp³-hybridized carbons (Fsp3) is 0.200. The Kier molecular flexibility index (Phi) is 3.23. The molecule has 3 nitrogen and oxygen atoms in total. The number of halogens is 2. The SMILES string of the molecule is ClCCc1nnc(-c2ccc(Cl)cc2)o1. The van der Waals surface area contributed by atoms with Crippen LogP contribution in [0.4, 0.5) is 0 Å². The highest BCUT2D eigenvalue weighted by molar-refractivity contribution is 6.30. The van der Waals surface area contributed by atoms with Gasteiger partial charge in [-0.3, -0.25) is 0 Å². The second kappa shape index (κ2) is 4.64. The van der Waals surface area contributed by atoms with Gasteiger partial charge in [0.25, 0.3) is 0 Å². The molecule has 0 unspecified atom stereocenters. The van der Waals surface area contributed by atoms with E-state index in [4.69, 9.17) is 27.6 Å². The van der Waals surface area contributed by atoms with Crippen LogP contribution in [-0.2, 0) is 6.42 Å². The van der Waals surface area contributed by atoms with E-state index >= 15 is 0 Å². The maximum Gasteiger partial charge on any atom is 0.247 e. The molecule has 1 aromatic heterocycles. The molecule has 78 valence electrons. The Bertz CT molecular complexity index is 439. The molecular weight excluding hydrogens is 235 g/mol. The lowest BCUT2D eigenvalue weighted by atomic mass is 10.2. The molecule has 0 fully saturated rings. The fourth-order valence-electron chi connectivity index (χ4n) is 1.14. The van der Waals surface area contributed by atoms with Gasteiger partial charge in [-0.25, -0.2) is 0 Å². The summed E-state index contributed by atoms with van der Waals surface area (Å²) in [5, 5.41) is 8.47. The summed E-state index contributed by atoms with van der Waals surface area (Å²) in [6.07, 6.45) is 0.585. The van der Waals surface area contributed by atoms with Crippen LogP contribution in [-0.4, -0.2) is 16.1 Å². The van der Waals surface area contributed by atoms with Crippen LogP contribution < -0.4 is 0 Å². The first-order valence-electron chi connectivity index (χ1n) is 4.44. The molecule has 2 rings (SSSR count). The maximum atomic E-state index is 5.77. The topological polar surface area (TPSA) is 38.9 Å². The highest BCUT2D eigenvalue weighted by atomic mass is 35.5. The minimum atomic E-state index is 0.474. The van der Waals surface area contributed by atoms with E-state index in [-0.39, 0.29) is 0 Å². The molecule has 1 heterocycles. The Morgan fingerprint density at radius 1 is 1.13 bits per heavy atom. The first-order valence-corrected chi connectivity index (χ1v) is 5.35. The van der Waals surface area contributed by atoms with Gasteiger partial charge in [-0.05, 0) is 24.3 Å². The summed E-state index contributed by atoms with van der Waals surface area (Å²) in [6, 6.07) is 7.23. The van der Waals surface area contributed by atoms with Crippen LogP contribution in [0.1, 0.15) is 5.89 Å². The van der Waals surface area contributed by atoms with E-state index in [1.165, 1.54) is 0 Å². The number of hydrogen-bond donors (Lipinski definition) is 0. The van der Waals surface area contributed by atoms with Crippen molar-refractivity contribution in [3.63, 3.8) is 0 Å². The molecule has 0 aliphatic heterocycles. The lowest BCUT2D eigenvalue weighted by Crippen LogP contribution is -1.84.